The molecule has 0 spiro atoms. The number of carbonyl (C=O) groups excluding carboxylic acids is 2. The van der Waals surface area contributed by atoms with Crippen molar-refractivity contribution in [2.75, 3.05) is 12.3 Å². The van der Waals surface area contributed by atoms with Crippen LogP contribution in [0, 0.1) is 6.92 Å². The molecule has 5 nitrogen and oxygen atoms in total. The van der Waals surface area contributed by atoms with Gasteiger partial charge in [0.15, 0.2) is 0 Å². The second-order valence-corrected chi connectivity index (χ2v) is 5.07. The zero-order valence-electron chi connectivity index (χ0n) is 12.4. The van der Waals surface area contributed by atoms with Crippen molar-refractivity contribution < 1.29 is 9.59 Å². The zero-order valence-corrected chi connectivity index (χ0v) is 12.4. The molecule has 0 aromatic heterocycles. The molecule has 4 N–H and O–H groups in total. The average Bonchev–Trinajstić information content (AvgIpc) is 2.48. The van der Waals surface area contributed by atoms with Crippen LogP contribution in [-0.4, -0.2) is 18.5 Å². The second-order valence-electron chi connectivity index (χ2n) is 5.07. The highest BCUT2D eigenvalue weighted by Crippen LogP contribution is 2.05. The van der Waals surface area contributed by atoms with E-state index in [0.717, 1.165) is 5.56 Å². The summed E-state index contributed by atoms with van der Waals surface area (Å²) in [5.41, 5.74) is 8.83. The number of aryl methyl sites for hydroxylation is 1. The van der Waals surface area contributed by atoms with Crippen molar-refractivity contribution in [3.63, 3.8) is 0 Å². The number of rotatable bonds is 4. The Labute approximate surface area is 129 Å². The van der Waals surface area contributed by atoms with Gasteiger partial charge < -0.3 is 11.1 Å². The molecule has 114 valence electrons. The van der Waals surface area contributed by atoms with Crippen molar-refractivity contribution in [3.8, 4) is 0 Å². The number of nitrogens with one attached hydrogen (secondary N) is 2. The van der Waals surface area contributed by atoms with E-state index in [1.54, 1.807) is 24.3 Å². The summed E-state index contributed by atoms with van der Waals surface area (Å²) in [6.07, 6.45) is 0.713. The Bertz CT molecular complexity index is 666. The smallest absolute Gasteiger partial charge is 0.321 e. The summed E-state index contributed by atoms with van der Waals surface area (Å²) >= 11 is 0. The van der Waals surface area contributed by atoms with Crippen LogP contribution in [0.15, 0.2) is 48.5 Å². The Balaban J connectivity index is 1.78. The Morgan fingerprint density at radius 1 is 1.09 bits per heavy atom. The Morgan fingerprint density at radius 2 is 1.82 bits per heavy atom. The zero-order chi connectivity index (χ0) is 15.9. The SMILES string of the molecule is Cc1cccc(CCNC(=O)NC(=O)c2ccc(N)cc2)c1. The molecule has 2 rings (SSSR count). The average molecular weight is 297 g/mol. The van der Waals surface area contributed by atoms with Gasteiger partial charge >= 0.3 is 6.03 Å². The topological polar surface area (TPSA) is 84.2 Å². The van der Waals surface area contributed by atoms with Crippen molar-refractivity contribution in [2.45, 2.75) is 13.3 Å². The quantitative estimate of drug-likeness (QED) is 0.757. The molecule has 0 atom stereocenters. The number of hydrogen-bond donors (Lipinski definition) is 3. The summed E-state index contributed by atoms with van der Waals surface area (Å²) in [5.74, 6) is -0.451. The molecule has 0 fully saturated rings. The molecular formula is C17H19N3O2. The summed E-state index contributed by atoms with van der Waals surface area (Å²) in [5, 5.41) is 4.95. The lowest BCUT2D eigenvalue weighted by molar-refractivity contribution is 0.0964. The van der Waals surface area contributed by atoms with E-state index >= 15 is 0 Å². The third kappa shape index (κ3) is 4.63. The van der Waals surface area contributed by atoms with Gasteiger partial charge in [-0.25, -0.2) is 4.79 Å². The van der Waals surface area contributed by atoms with E-state index in [2.05, 4.69) is 16.7 Å². The molecule has 0 unspecified atom stereocenters. The normalized spacial score (nSPS) is 10.0. The fourth-order valence-corrected chi connectivity index (χ4v) is 2.04. The fraction of sp³-hybridized carbons (Fsp3) is 0.176. The Hall–Kier alpha value is -2.82. The summed E-state index contributed by atoms with van der Waals surface area (Å²) in [6.45, 7) is 2.49. The minimum atomic E-state index is -0.505. The molecule has 22 heavy (non-hydrogen) atoms. The van der Waals surface area contributed by atoms with Crippen LogP contribution in [0.5, 0.6) is 0 Å². The number of benzene rings is 2. The number of imide groups is 1. The largest absolute Gasteiger partial charge is 0.399 e. The van der Waals surface area contributed by atoms with Crippen LogP contribution >= 0.6 is 0 Å². The standard InChI is InChI=1S/C17H19N3O2/c1-12-3-2-4-13(11-12)9-10-19-17(22)20-16(21)14-5-7-15(18)8-6-14/h2-8,11H,9-10,18H2,1H3,(H2,19,20,21,22). The number of nitrogen functional groups attached to an aromatic ring is 1. The maximum absolute atomic E-state index is 11.8. The van der Waals surface area contributed by atoms with Gasteiger partial charge in [0.05, 0.1) is 0 Å². The molecule has 0 heterocycles. The van der Waals surface area contributed by atoms with Crippen LogP contribution in [0.4, 0.5) is 10.5 Å². The van der Waals surface area contributed by atoms with Crippen molar-refractivity contribution in [2.24, 2.45) is 0 Å². The monoisotopic (exact) mass is 297 g/mol. The van der Waals surface area contributed by atoms with Gasteiger partial charge in [-0.15, -0.1) is 0 Å². The molecule has 0 saturated heterocycles. The molecular weight excluding hydrogens is 278 g/mol. The van der Waals surface area contributed by atoms with Crippen LogP contribution in [0.1, 0.15) is 21.5 Å². The Morgan fingerprint density at radius 3 is 2.50 bits per heavy atom. The number of nitrogens with two attached hydrogens (primary N) is 1. The van der Waals surface area contributed by atoms with Gasteiger partial charge in [0.25, 0.3) is 5.91 Å². The molecule has 5 heteroatoms. The first-order chi connectivity index (χ1) is 10.5. The van der Waals surface area contributed by atoms with E-state index in [1.807, 2.05) is 25.1 Å². The van der Waals surface area contributed by atoms with Crippen LogP contribution in [0.2, 0.25) is 0 Å². The molecule has 2 aromatic carbocycles. The van der Waals surface area contributed by atoms with Crippen LogP contribution in [-0.2, 0) is 6.42 Å². The third-order valence-corrected chi connectivity index (χ3v) is 3.18. The van der Waals surface area contributed by atoms with Gasteiger partial charge in [-0.2, -0.15) is 0 Å². The highest BCUT2D eigenvalue weighted by atomic mass is 16.2. The van der Waals surface area contributed by atoms with E-state index in [4.69, 9.17) is 5.73 Å². The van der Waals surface area contributed by atoms with E-state index in [0.29, 0.717) is 24.2 Å². The van der Waals surface area contributed by atoms with E-state index in [1.165, 1.54) is 5.56 Å². The molecule has 0 saturated carbocycles. The minimum absolute atomic E-state index is 0.392. The molecule has 0 radical (unpaired) electrons. The lowest BCUT2D eigenvalue weighted by atomic mass is 10.1. The first kappa shape index (κ1) is 15.6. The first-order valence-electron chi connectivity index (χ1n) is 7.05. The lowest BCUT2D eigenvalue weighted by Gasteiger charge is -2.07. The molecule has 2 aromatic rings. The number of carbonyl (C=O) groups is 2. The molecule has 0 aliphatic carbocycles. The number of amides is 3. The van der Waals surface area contributed by atoms with Crippen LogP contribution < -0.4 is 16.4 Å². The molecule has 0 aliphatic rings. The fourth-order valence-electron chi connectivity index (χ4n) is 2.04. The van der Waals surface area contributed by atoms with E-state index in [9.17, 15) is 9.59 Å². The van der Waals surface area contributed by atoms with Gasteiger partial charge in [-0.1, -0.05) is 29.8 Å². The van der Waals surface area contributed by atoms with E-state index in [-0.39, 0.29) is 0 Å². The summed E-state index contributed by atoms with van der Waals surface area (Å²) in [7, 11) is 0. The van der Waals surface area contributed by atoms with Crippen LogP contribution in [0.25, 0.3) is 0 Å². The Kier molecular flexibility index (Phi) is 5.14. The predicted molar refractivity (Wildman–Crippen MR) is 86.6 cm³/mol. The maximum Gasteiger partial charge on any atom is 0.321 e. The summed E-state index contributed by atoms with van der Waals surface area (Å²) in [4.78, 5) is 23.5. The van der Waals surface area contributed by atoms with Crippen molar-refractivity contribution in [1.29, 1.82) is 0 Å². The van der Waals surface area contributed by atoms with Crippen molar-refractivity contribution >= 4 is 17.6 Å². The molecule has 3 amide bonds. The van der Waals surface area contributed by atoms with Crippen molar-refractivity contribution in [1.82, 2.24) is 10.6 Å². The van der Waals surface area contributed by atoms with Crippen LogP contribution in [0.3, 0.4) is 0 Å². The van der Waals surface area contributed by atoms with Gasteiger partial charge in [0.1, 0.15) is 0 Å². The maximum atomic E-state index is 11.8. The highest BCUT2D eigenvalue weighted by molar-refractivity contribution is 6.04. The number of hydrogen-bond acceptors (Lipinski definition) is 3. The summed E-state index contributed by atoms with van der Waals surface area (Å²) < 4.78 is 0. The molecule has 0 bridgehead atoms. The third-order valence-electron chi connectivity index (χ3n) is 3.18. The highest BCUT2D eigenvalue weighted by Gasteiger charge is 2.09. The van der Waals surface area contributed by atoms with Gasteiger partial charge in [0, 0.05) is 17.8 Å². The first-order valence-corrected chi connectivity index (χ1v) is 7.05. The van der Waals surface area contributed by atoms with Gasteiger partial charge in [0.2, 0.25) is 0 Å². The van der Waals surface area contributed by atoms with Gasteiger partial charge in [-0.3, -0.25) is 10.1 Å². The summed E-state index contributed by atoms with van der Waals surface area (Å²) in [6, 6.07) is 14.0. The number of anilines is 1. The molecule has 0 aliphatic heterocycles. The second kappa shape index (κ2) is 7.26. The lowest BCUT2D eigenvalue weighted by Crippen LogP contribution is -2.40. The van der Waals surface area contributed by atoms with E-state index < -0.39 is 11.9 Å². The number of urea groups is 1. The predicted octanol–water partition coefficient (Wildman–Crippen LogP) is 2.26. The van der Waals surface area contributed by atoms with Gasteiger partial charge in [-0.05, 0) is 43.2 Å². The van der Waals surface area contributed by atoms with Crippen molar-refractivity contribution in [3.05, 3.63) is 65.2 Å². The minimum Gasteiger partial charge on any atom is -0.399 e.